The minimum atomic E-state index is -0.730. The van der Waals surface area contributed by atoms with Crippen molar-refractivity contribution in [1.82, 2.24) is 0 Å². The predicted molar refractivity (Wildman–Crippen MR) is 110 cm³/mol. The molecule has 140 valence electrons. The van der Waals surface area contributed by atoms with Crippen molar-refractivity contribution in [3.63, 3.8) is 0 Å². The maximum Gasteiger partial charge on any atom is 0.0837 e. The van der Waals surface area contributed by atoms with Crippen LogP contribution in [0.25, 0.3) is 0 Å². The number of aryl methyl sites for hydroxylation is 1. The monoisotopic (exact) mass is 414 g/mol. The SMILES string of the molecule is CCCCCCCCCCCCc1ccccc1C[P+](C)(C)C.[Br-]. The third-order valence-electron chi connectivity index (χ3n) is 4.56. The largest absolute Gasteiger partial charge is 1.00 e. The average Bonchev–Trinajstić information content (AvgIpc) is 2.49. The summed E-state index contributed by atoms with van der Waals surface area (Å²) in [5.74, 6) is 0. The van der Waals surface area contributed by atoms with E-state index in [4.69, 9.17) is 0 Å². The third kappa shape index (κ3) is 12.5. The lowest BCUT2D eigenvalue weighted by atomic mass is 10.0. The van der Waals surface area contributed by atoms with Gasteiger partial charge in [-0.05, 0) is 24.0 Å². The van der Waals surface area contributed by atoms with Crippen molar-refractivity contribution in [3.8, 4) is 0 Å². The summed E-state index contributed by atoms with van der Waals surface area (Å²) in [7, 11) is -0.730. The smallest absolute Gasteiger partial charge is 0.0837 e. The van der Waals surface area contributed by atoms with Gasteiger partial charge in [0, 0.05) is 27.3 Å². The summed E-state index contributed by atoms with van der Waals surface area (Å²) >= 11 is 0. The minimum absolute atomic E-state index is 0. The molecular formula is C22H40BrP. The molecule has 0 bridgehead atoms. The van der Waals surface area contributed by atoms with Gasteiger partial charge in [-0.1, -0.05) is 89.0 Å². The van der Waals surface area contributed by atoms with Crippen LogP contribution in [0.15, 0.2) is 24.3 Å². The zero-order valence-corrected chi connectivity index (χ0v) is 19.1. The maximum absolute atomic E-state index is 2.45. The van der Waals surface area contributed by atoms with Crippen LogP contribution in [-0.4, -0.2) is 20.0 Å². The first-order valence-corrected chi connectivity index (χ1v) is 13.2. The molecule has 0 radical (unpaired) electrons. The van der Waals surface area contributed by atoms with E-state index in [2.05, 4.69) is 51.2 Å². The van der Waals surface area contributed by atoms with E-state index in [0.29, 0.717) is 0 Å². The summed E-state index contributed by atoms with van der Waals surface area (Å²) in [5, 5.41) is 0. The molecule has 0 saturated heterocycles. The van der Waals surface area contributed by atoms with E-state index in [9.17, 15) is 0 Å². The van der Waals surface area contributed by atoms with Gasteiger partial charge in [0.2, 0.25) is 0 Å². The average molecular weight is 415 g/mol. The van der Waals surface area contributed by atoms with Crippen LogP contribution >= 0.6 is 7.26 Å². The van der Waals surface area contributed by atoms with Crippen LogP contribution in [0.2, 0.25) is 0 Å². The second-order valence-electron chi connectivity index (χ2n) is 8.15. The topological polar surface area (TPSA) is 0 Å². The van der Waals surface area contributed by atoms with Crippen LogP contribution in [0.4, 0.5) is 0 Å². The molecule has 0 heterocycles. The molecule has 1 aromatic carbocycles. The Morgan fingerprint density at radius 3 is 1.62 bits per heavy atom. The Morgan fingerprint density at radius 2 is 1.12 bits per heavy atom. The molecule has 24 heavy (non-hydrogen) atoms. The van der Waals surface area contributed by atoms with Gasteiger partial charge >= 0.3 is 0 Å². The standard InChI is InChI=1S/C22H40P.BrH/c1-5-6-7-8-9-10-11-12-13-14-17-21-18-15-16-19-22(21)20-23(2,3)4;/h15-16,18-19H,5-14,17,20H2,1-4H3;1H/q+1;/p-1. The van der Waals surface area contributed by atoms with Crippen molar-refractivity contribution in [3.05, 3.63) is 35.4 Å². The lowest BCUT2D eigenvalue weighted by molar-refractivity contribution is -0.00000530. The Kier molecular flexibility index (Phi) is 14.4. The number of benzene rings is 1. The van der Waals surface area contributed by atoms with Gasteiger partial charge in [-0.15, -0.1) is 0 Å². The van der Waals surface area contributed by atoms with Crippen LogP contribution in [-0.2, 0) is 12.6 Å². The molecule has 0 aliphatic carbocycles. The second-order valence-corrected chi connectivity index (χ2v) is 13.0. The summed E-state index contributed by atoms with van der Waals surface area (Å²) in [6.45, 7) is 9.64. The first-order valence-electron chi connectivity index (χ1n) is 9.90. The quantitative estimate of drug-likeness (QED) is 0.327. The highest BCUT2D eigenvalue weighted by Gasteiger charge is 2.19. The van der Waals surface area contributed by atoms with Crippen molar-refractivity contribution in [2.75, 3.05) is 20.0 Å². The number of hydrogen-bond donors (Lipinski definition) is 0. The molecule has 0 atom stereocenters. The molecule has 0 unspecified atom stereocenters. The number of halogens is 1. The molecular weight excluding hydrogens is 375 g/mol. The molecule has 0 spiro atoms. The van der Waals surface area contributed by atoms with Crippen LogP contribution in [0, 0.1) is 0 Å². The molecule has 0 aliphatic heterocycles. The number of rotatable bonds is 13. The lowest BCUT2D eigenvalue weighted by Gasteiger charge is -2.15. The fraction of sp³-hybridized carbons (Fsp3) is 0.727. The zero-order chi connectivity index (χ0) is 17.0. The highest BCUT2D eigenvalue weighted by atomic mass is 79.9. The van der Waals surface area contributed by atoms with Gasteiger partial charge in [-0.25, -0.2) is 0 Å². The first kappa shape index (κ1) is 24.1. The van der Waals surface area contributed by atoms with Gasteiger partial charge in [0.25, 0.3) is 0 Å². The molecule has 0 amide bonds. The van der Waals surface area contributed by atoms with E-state index in [-0.39, 0.29) is 17.0 Å². The number of hydrogen-bond acceptors (Lipinski definition) is 0. The van der Waals surface area contributed by atoms with Gasteiger partial charge in [0.05, 0.1) is 6.16 Å². The maximum atomic E-state index is 2.45. The van der Waals surface area contributed by atoms with Gasteiger partial charge < -0.3 is 17.0 Å². The van der Waals surface area contributed by atoms with Gasteiger partial charge in [-0.2, -0.15) is 0 Å². The van der Waals surface area contributed by atoms with Crippen molar-refractivity contribution < 1.29 is 17.0 Å². The molecule has 0 aliphatic rings. The second kappa shape index (κ2) is 14.3. The molecule has 1 rings (SSSR count). The molecule has 0 N–H and O–H groups in total. The van der Waals surface area contributed by atoms with Crippen molar-refractivity contribution in [1.29, 1.82) is 0 Å². The highest BCUT2D eigenvalue weighted by Crippen LogP contribution is 2.50. The molecule has 0 fully saturated rings. The van der Waals surface area contributed by atoms with Crippen molar-refractivity contribution in [2.24, 2.45) is 0 Å². The predicted octanol–water partition coefficient (Wildman–Crippen LogP) is 4.56. The van der Waals surface area contributed by atoms with Gasteiger partial charge in [0.15, 0.2) is 0 Å². The summed E-state index contributed by atoms with van der Waals surface area (Å²) in [6, 6.07) is 9.15. The molecule has 2 heteroatoms. The summed E-state index contributed by atoms with van der Waals surface area (Å²) in [5.41, 5.74) is 3.23. The summed E-state index contributed by atoms with van der Waals surface area (Å²) in [4.78, 5) is 0. The fourth-order valence-corrected chi connectivity index (χ4v) is 4.60. The summed E-state index contributed by atoms with van der Waals surface area (Å²) in [6.07, 6.45) is 16.9. The van der Waals surface area contributed by atoms with Crippen molar-refractivity contribution >= 4 is 7.26 Å². The molecule has 0 nitrogen and oxygen atoms in total. The normalized spacial score (nSPS) is 11.3. The summed E-state index contributed by atoms with van der Waals surface area (Å²) < 4.78 is 0. The van der Waals surface area contributed by atoms with Crippen LogP contribution in [0.5, 0.6) is 0 Å². The Morgan fingerprint density at radius 1 is 0.667 bits per heavy atom. The Hall–Kier alpha value is 0.130. The van der Waals surface area contributed by atoms with E-state index < -0.39 is 7.26 Å². The van der Waals surface area contributed by atoms with E-state index in [1.807, 2.05) is 0 Å². The molecule has 1 aromatic rings. The van der Waals surface area contributed by atoms with Crippen LogP contribution in [0.1, 0.15) is 82.3 Å². The first-order chi connectivity index (χ1) is 11.0. The Balaban J connectivity index is 0.00000529. The third-order valence-corrected chi connectivity index (χ3v) is 5.85. The van der Waals surface area contributed by atoms with Crippen molar-refractivity contribution in [2.45, 2.75) is 83.7 Å². The van der Waals surface area contributed by atoms with E-state index in [1.165, 1.54) is 76.8 Å². The lowest BCUT2D eigenvalue weighted by Crippen LogP contribution is -3.00. The minimum Gasteiger partial charge on any atom is -1.00 e. The van der Waals surface area contributed by atoms with Crippen LogP contribution in [0.3, 0.4) is 0 Å². The Bertz CT molecular complexity index is 409. The molecule has 0 aromatic heterocycles. The van der Waals surface area contributed by atoms with E-state index in [0.717, 1.165) is 0 Å². The van der Waals surface area contributed by atoms with Gasteiger partial charge in [-0.3, -0.25) is 0 Å². The number of unbranched alkanes of at least 4 members (excludes halogenated alkanes) is 9. The van der Waals surface area contributed by atoms with E-state index >= 15 is 0 Å². The van der Waals surface area contributed by atoms with E-state index in [1.54, 1.807) is 11.1 Å². The van der Waals surface area contributed by atoms with Gasteiger partial charge in [0.1, 0.15) is 0 Å². The zero-order valence-electron chi connectivity index (χ0n) is 16.6. The highest BCUT2D eigenvalue weighted by molar-refractivity contribution is 7.72. The van der Waals surface area contributed by atoms with Crippen LogP contribution < -0.4 is 17.0 Å². The fourth-order valence-electron chi connectivity index (χ4n) is 3.27. The Labute approximate surface area is 163 Å². The molecule has 0 saturated carbocycles.